The fraction of sp³-hybridized carbons (Fsp3) is 0.727. The van der Waals surface area contributed by atoms with Crippen molar-refractivity contribution in [1.29, 1.82) is 0 Å². The molecule has 2 N–H and O–H groups in total. The molecule has 0 bridgehead atoms. The molecule has 1 atom stereocenters. The summed E-state index contributed by atoms with van der Waals surface area (Å²) in [7, 11) is 0. The molecule has 0 radical (unpaired) electrons. The zero-order valence-electron chi connectivity index (χ0n) is 9.76. The van der Waals surface area contributed by atoms with Crippen LogP contribution >= 0.6 is 0 Å². The monoisotopic (exact) mass is 199 g/mol. The molecule has 0 aromatic heterocycles. The summed E-state index contributed by atoms with van der Waals surface area (Å²) in [5.74, 6) is -0.308. The van der Waals surface area contributed by atoms with Crippen LogP contribution in [0.15, 0.2) is 12.2 Å². The highest BCUT2D eigenvalue weighted by Crippen LogP contribution is 2.20. The zero-order chi connectivity index (χ0) is 11.5. The Morgan fingerprint density at radius 3 is 2.07 bits per heavy atom. The van der Waals surface area contributed by atoms with Crippen molar-refractivity contribution in [3.05, 3.63) is 12.2 Å². The normalized spacial score (nSPS) is 13.9. The molecule has 0 saturated carbocycles. The van der Waals surface area contributed by atoms with Crippen LogP contribution in [0.1, 0.15) is 34.6 Å². The first-order chi connectivity index (χ1) is 6.16. The summed E-state index contributed by atoms with van der Waals surface area (Å²) in [6.07, 6.45) is -0.592. The van der Waals surface area contributed by atoms with Crippen molar-refractivity contribution < 1.29 is 9.53 Å². The van der Waals surface area contributed by atoms with Crippen LogP contribution in [0.25, 0.3) is 0 Å². The maximum Gasteiger partial charge on any atom is 0.335 e. The molecule has 3 heteroatoms. The smallest absolute Gasteiger partial charge is 0.335 e. The maximum absolute atomic E-state index is 11.4. The molecule has 14 heavy (non-hydrogen) atoms. The van der Waals surface area contributed by atoms with Crippen LogP contribution in [0.4, 0.5) is 0 Å². The van der Waals surface area contributed by atoms with E-state index in [0.717, 1.165) is 0 Å². The van der Waals surface area contributed by atoms with Crippen LogP contribution in [0.5, 0.6) is 0 Å². The van der Waals surface area contributed by atoms with E-state index in [4.69, 9.17) is 10.5 Å². The van der Waals surface area contributed by atoms with Crippen LogP contribution in [-0.2, 0) is 9.53 Å². The van der Waals surface area contributed by atoms with Gasteiger partial charge in [-0.2, -0.15) is 0 Å². The van der Waals surface area contributed by atoms with Gasteiger partial charge in [-0.05, 0) is 5.92 Å². The van der Waals surface area contributed by atoms with Crippen LogP contribution in [0.3, 0.4) is 0 Å². The lowest BCUT2D eigenvalue weighted by atomic mass is 9.94. The van der Waals surface area contributed by atoms with Gasteiger partial charge < -0.3 is 4.74 Å². The zero-order valence-corrected chi connectivity index (χ0v) is 9.76. The van der Waals surface area contributed by atoms with Crippen molar-refractivity contribution in [2.24, 2.45) is 17.1 Å². The fourth-order valence-corrected chi connectivity index (χ4v) is 0.603. The number of rotatable bonds is 3. The number of nitrogens with two attached hydrogens (primary N) is 1. The minimum Gasteiger partial charge on any atom is -0.443 e. The summed E-state index contributed by atoms with van der Waals surface area (Å²) in [5, 5.41) is 0. The Morgan fingerprint density at radius 1 is 1.36 bits per heavy atom. The lowest BCUT2D eigenvalue weighted by Crippen LogP contribution is -2.39. The van der Waals surface area contributed by atoms with Gasteiger partial charge in [-0.1, -0.05) is 41.2 Å². The SMILES string of the molecule is C=C(C(=O)OC(N)C(C)(C)C)C(C)C. The molecule has 0 aliphatic rings. The van der Waals surface area contributed by atoms with Gasteiger partial charge in [0, 0.05) is 11.0 Å². The second kappa shape index (κ2) is 4.60. The average Bonchev–Trinajstić information content (AvgIpc) is 2.00. The third-order valence-corrected chi connectivity index (χ3v) is 2.05. The molecule has 1 unspecified atom stereocenters. The summed E-state index contributed by atoms with van der Waals surface area (Å²) >= 11 is 0. The summed E-state index contributed by atoms with van der Waals surface area (Å²) in [6.45, 7) is 13.2. The molecule has 0 heterocycles. The van der Waals surface area contributed by atoms with Gasteiger partial charge in [-0.3, -0.25) is 5.73 Å². The first-order valence-corrected chi connectivity index (χ1v) is 4.81. The van der Waals surface area contributed by atoms with Crippen LogP contribution in [-0.4, -0.2) is 12.2 Å². The van der Waals surface area contributed by atoms with E-state index in [2.05, 4.69) is 6.58 Å². The molecular weight excluding hydrogens is 178 g/mol. The summed E-state index contributed by atoms with van der Waals surface area (Å²) in [6, 6.07) is 0. The largest absolute Gasteiger partial charge is 0.443 e. The molecule has 0 aromatic rings. The van der Waals surface area contributed by atoms with Gasteiger partial charge in [0.15, 0.2) is 6.23 Å². The van der Waals surface area contributed by atoms with Crippen LogP contribution in [0.2, 0.25) is 0 Å². The van der Waals surface area contributed by atoms with E-state index in [-0.39, 0.29) is 11.3 Å². The summed E-state index contributed by atoms with van der Waals surface area (Å²) < 4.78 is 5.08. The minimum absolute atomic E-state index is 0.0923. The van der Waals surface area contributed by atoms with Crippen molar-refractivity contribution in [2.45, 2.75) is 40.8 Å². The summed E-state index contributed by atoms with van der Waals surface area (Å²) in [5.41, 5.74) is 5.92. The molecule has 0 aliphatic heterocycles. The third kappa shape index (κ3) is 3.92. The highest BCUT2D eigenvalue weighted by molar-refractivity contribution is 5.88. The number of ether oxygens (including phenoxy) is 1. The topological polar surface area (TPSA) is 52.3 Å². The first kappa shape index (κ1) is 13.2. The molecular formula is C11H21NO2. The fourth-order valence-electron chi connectivity index (χ4n) is 0.603. The predicted molar refractivity (Wildman–Crippen MR) is 57.5 cm³/mol. The maximum atomic E-state index is 11.4. The molecule has 0 amide bonds. The van der Waals surface area contributed by atoms with Crippen molar-refractivity contribution in [3.63, 3.8) is 0 Å². The molecule has 0 aliphatic carbocycles. The molecule has 0 spiro atoms. The van der Waals surface area contributed by atoms with E-state index < -0.39 is 12.2 Å². The Bertz CT molecular complexity index is 226. The molecule has 3 nitrogen and oxygen atoms in total. The van der Waals surface area contributed by atoms with Crippen LogP contribution in [0, 0.1) is 11.3 Å². The van der Waals surface area contributed by atoms with Crippen LogP contribution < -0.4 is 5.73 Å². The van der Waals surface area contributed by atoms with Gasteiger partial charge in [0.25, 0.3) is 0 Å². The highest BCUT2D eigenvalue weighted by atomic mass is 16.6. The number of hydrogen-bond acceptors (Lipinski definition) is 3. The average molecular weight is 199 g/mol. The van der Waals surface area contributed by atoms with E-state index in [1.807, 2.05) is 34.6 Å². The van der Waals surface area contributed by atoms with E-state index in [9.17, 15) is 4.79 Å². The lowest BCUT2D eigenvalue weighted by Gasteiger charge is -2.27. The van der Waals surface area contributed by atoms with Crippen molar-refractivity contribution in [1.82, 2.24) is 0 Å². The van der Waals surface area contributed by atoms with Crippen molar-refractivity contribution in [2.75, 3.05) is 0 Å². The predicted octanol–water partition coefficient (Wildman–Crippen LogP) is 2.07. The Balaban J connectivity index is 4.28. The van der Waals surface area contributed by atoms with E-state index in [1.165, 1.54) is 0 Å². The second-order valence-electron chi connectivity index (χ2n) is 4.87. The molecule has 0 rings (SSSR count). The molecule has 82 valence electrons. The van der Waals surface area contributed by atoms with Gasteiger partial charge in [-0.15, -0.1) is 0 Å². The summed E-state index contributed by atoms with van der Waals surface area (Å²) in [4.78, 5) is 11.4. The van der Waals surface area contributed by atoms with Crippen molar-refractivity contribution in [3.8, 4) is 0 Å². The Labute approximate surface area is 86.3 Å². The lowest BCUT2D eigenvalue weighted by molar-refractivity contribution is -0.149. The Hall–Kier alpha value is -0.830. The van der Waals surface area contributed by atoms with E-state index in [1.54, 1.807) is 0 Å². The molecule has 0 aromatic carbocycles. The molecule has 0 saturated heterocycles. The third-order valence-electron chi connectivity index (χ3n) is 2.05. The second-order valence-corrected chi connectivity index (χ2v) is 4.87. The number of hydrogen-bond donors (Lipinski definition) is 1. The first-order valence-electron chi connectivity index (χ1n) is 4.81. The Morgan fingerprint density at radius 2 is 1.79 bits per heavy atom. The van der Waals surface area contributed by atoms with E-state index in [0.29, 0.717) is 5.57 Å². The number of carbonyl (C=O) groups excluding carboxylic acids is 1. The van der Waals surface area contributed by atoms with Gasteiger partial charge in [0.05, 0.1) is 0 Å². The molecule has 0 fully saturated rings. The number of esters is 1. The van der Waals surface area contributed by atoms with Crippen molar-refractivity contribution >= 4 is 5.97 Å². The minimum atomic E-state index is -0.592. The number of carbonyl (C=O) groups is 1. The van der Waals surface area contributed by atoms with Gasteiger partial charge in [0.2, 0.25) is 0 Å². The standard InChI is InChI=1S/C11H21NO2/c1-7(2)8(3)9(13)14-10(12)11(4,5)6/h7,10H,3,12H2,1-2,4-6H3. The highest BCUT2D eigenvalue weighted by Gasteiger charge is 2.25. The van der Waals surface area contributed by atoms with E-state index >= 15 is 0 Å². The quantitative estimate of drug-likeness (QED) is 0.430. The van der Waals surface area contributed by atoms with Gasteiger partial charge in [0.1, 0.15) is 0 Å². The van der Waals surface area contributed by atoms with Gasteiger partial charge in [-0.25, -0.2) is 4.79 Å². The van der Waals surface area contributed by atoms with Gasteiger partial charge >= 0.3 is 5.97 Å². The Kier molecular flexibility index (Phi) is 4.33.